The number of nitrogens with zero attached hydrogens (tertiary/aromatic N) is 1. The Morgan fingerprint density at radius 2 is 1.45 bits per heavy atom. The lowest BCUT2D eigenvalue weighted by Gasteiger charge is -2.13. The summed E-state index contributed by atoms with van der Waals surface area (Å²) in [5, 5.41) is 18.8. The Balaban J connectivity index is 2.11. The van der Waals surface area contributed by atoms with E-state index in [-0.39, 0.29) is 11.1 Å². The number of hydrogen-bond acceptors (Lipinski definition) is 7. The summed E-state index contributed by atoms with van der Waals surface area (Å²) in [6.45, 7) is 0. The number of primary sulfonamides is 1. The first-order valence-corrected chi connectivity index (χ1v) is 10.4. The molecule has 0 aliphatic heterocycles. The van der Waals surface area contributed by atoms with Crippen LogP contribution in [0.3, 0.4) is 0 Å². The highest BCUT2D eigenvalue weighted by atomic mass is 32.2. The van der Waals surface area contributed by atoms with Gasteiger partial charge < -0.3 is 10.1 Å². The summed E-state index contributed by atoms with van der Waals surface area (Å²) in [7, 11) is -4.48. The van der Waals surface area contributed by atoms with Gasteiger partial charge in [-0.2, -0.15) is 0 Å². The number of carbonyl (C=O) groups excluding carboxylic acids is 2. The summed E-state index contributed by atoms with van der Waals surface area (Å²) in [6, 6.07) is 9.49. The third-order valence-corrected chi connectivity index (χ3v) is 5.09. The van der Waals surface area contributed by atoms with Crippen molar-refractivity contribution in [1.29, 1.82) is 0 Å². The number of amides is 1. The molecule has 170 valence electrons. The highest BCUT2D eigenvalue weighted by molar-refractivity contribution is 7.89. The van der Waals surface area contributed by atoms with E-state index in [1.165, 1.54) is 0 Å². The van der Waals surface area contributed by atoms with Crippen LogP contribution < -0.4 is 15.2 Å². The molecule has 3 N–H and O–H groups in total. The predicted molar refractivity (Wildman–Crippen MR) is 110 cm³/mol. The van der Waals surface area contributed by atoms with Gasteiger partial charge in [0.15, 0.2) is 0 Å². The van der Waals surface area contributed by atoms with Crippen LogP contribution in [0.5, 0.6) is 5.75 Å². The zero-order chi connectivity index (χ0) is 24.3. The minimum Gasteiger partial charge on any atom is -0.413 e. The normalized spacial score (nSPS) is 11.0. The van der Waals surface area contributed by atoms with Crippen LogP contribution in [0.2, 0.25) is 0 Å². The third kappa shape index (κ3) is 5.53. The van der Waals surface area contributed by atoms with Crippen LogP contribution in [0.15, 0.2) is 65.6 Å². The van der Waals surface area contributed by atoms with E-state index in [4.69, 9.17) is 9.88 Å². The van der Waals surface area contributed by atoms with Crippen LogP contribution in [-0.2, 0) is 10.0 Å². The summed E-state index contributed by atoms with van der Waals surface area (Å²) in [6.07, 6.45) is 0. The third-order valence-electron chi connectivity index (χ3n) is 4.20. The first-order valence-electron chi connectivity index (χ1n) is 8.85. The van der Waals surface area contributed by atoms with Gasteiger partial charge in [-0.15, -0.1) is 0 Å². The van der Waals surface area contributed by atoms with Gasteiger partial charge in [-0.25, -0.2) is 27.1 Å². The molecule has 10 nitrogen and oxygen atoms in total. The van der Waals surface area contributed by atoms with Crippen molar-refractivity contribution in [3.05, 3.63) is 93.5 Å². The van der Waals surface area contributed by atoms with Gasteiger partial charge in [0, 0.05) is 11.6 Å². The van der Waals surface area contributed by atoms with Gasteiger partial charge in [-0.1, -0.05) is 0 Å². The first kappa shape index (κ1) is 23.4. The largest absolute Gasteiger partial charge is 0.413 e. The lowest BCUT2D eigenvalue weighted by atomic mass is 10.2. The molecule has 13 heteroatoms. The zero-order valence-electron chi connectivity index (χ0n) is 16.3. The Morgan fingerprint density at radius 1 is 0.939 bits per heavy atom. The summed E-state index contributed by atoms with van der Waals surface area (Å²) in [4.78, 5) is 34.8. The van der Waals surface area contributed by atoms with Gasteiger partial charge in [-0.3, -0.25) is 14.9 Å². The van der Waals surface area contributed by atoms with Crippen LogP contribution in [0.25, 0.3) is 0 Å². The molecule has 0 unspecified atom stereocenters. The average Bonchev–Trinajstić information content (AvgIpc) is 2.74. The van der Waals surface area contributed by atoms with Crippen molar-refractivity contribution >= 4 is 33.3 Å². The van der Waals surface area contributed by atoms with Gasteiger partial charge in [0.25, 0.3) is 5.91 Å². The van der Waals surface area contributed by atoms with Crippen LogP contribution >= 0.6 is 0 Å². The van der Waals surface area contributed by atoms with Crippen molar-refractivity contribution in [1.82, 2.24) is 0 Å². The van der Waals surface area contributed by atoms with Gasteiger partial charge in [0.05, 0.1) is 21.1 Å². The van der Waals surface area contributed by atoms with Crippen molar-refractivity contribution in [2.45, 2.75) is 4.90 Å². The number of esters is 1. The molecule has 0 spiro atoms. The lowest BCUT2D eigenvalue weighted by Crippen LogP contribution is -2.18. The van der Waals surface area contributed by atoms with Crippen molar-refractivity contribution in [3.8, 4) is 5.75 Å². The van der Waals surface area contributed by atoms with Crippen LogP contribution in [0.1, 0.15) is 20.7 Å². The number of halogens is 2. The number of nitrogens with two attached hydrogens (primary N) is 1. The van der Waals surface area contributed by atoms with Crippen molar-refractivity contribution < 1.29 is 36.4 Å². The minimum atomic E-state index is -4.48. The Kier molecular flexibility index (Phi) is 6.46. The van der Waals surface area contributed by atoms with Crippen molar-refractivity contribution in [3.63, 3.8) is 0 Å². The minimum absolute atomic E-state index is 0.0872. The van der Waals surface area contributed by atoms with E-state index in [2.05, 4.69) is 5.32 Å². The molecule has 0 aromatic heterocycles. The highest BCUT2D eigenvalue weighted by Crippen LogP contribution is 2.38. The number of carbonyl (C=O) groups is 2. The van der Waals surface area contributed by atoms with E-state index in [0.29, 0.717) is 6.07 Å². The number of sulfonamides is 1. The molecule has 0 radical (unpaired) electrons. The van der Waals surface area contributed by atoms with E-state index >= 15 is 0 Å². The maximum atomic E-state index is 13.1. The number of ether oxygens (including phenoxy) is 1. The number of anilines is 1. The lowest BCUT2D eigenvalue weighted by molar-refractivity contribution is -0.385. The smallest absolute Gasteiger partial charge is 0.343 e. The number of rotatable bonds is 6. The second-order valence-electron chi connectivity index (χ2n) is 6.48. The fourth-order valence-electron chi connectivity index (χ4n) is 2.62. The Morgan fingerprint density at radius 3 is 1.94 bits per heavy atom. The van der Waals surface area contributed by atoms with Crippen LogP contribution in [-0.4, -0.2) is 25.2 Å². The first-order chi connectivity index (χ1) is 15.5. The monoisotopic (exact) mass is 477 g/mol. The molecule has 0 aliphatic rings. The second kappa shape index (κ2) is 9.10. The fraction of sp³-hybridized carbons (Fsp3) is 0. The van der Waals surface area contributed by atoms with E-state index in [1.807, 2.05) is 0 Å². The highest BCUT2D eigenvalue weighted by Gasteiger charge is 2.28. The van der Waals surface area contributed by atoms with Crippen molar-refractivity contribution in [2.75, 3.05) is 5.32 Å². The Labute approximate surface area is 184 Å². The van der Waals surface area contributed by atoms with E-state index in [9.17, 15) is 36.9 Å². The molecule has 0 fully saturated rings. The molecule has 0 saturated carbocycles. The number of hydrogen-bond donors (Lipinski definition) is 2. The summed E-state index contributed by atoms with van der Waals surface area (Å²) >= 11 is 0. The van der Waals surface area contributed by atoms with Gasteiger partial charge in [0.1, 0.15) is 11.6 Å². The molecular weight excluding hydrogens is 464 g/mol. The number of benzene rings is 3. The molecule has 3 aromatic carbocycles. The van der Waals surface area contributed by atoms with E-state index < -0.39 is 60.5 Å². The van der Waals surface area contributed by atoms with E-state index in [1.54, 1.807) is 0 Å². The number of nitro groups is 1. The van der Waals surface area contributed by atoms with Crippen LogP contribution in [0.4, 0.5) is 20.2 Å². The summed E-state index contributed by atoms with van der Waals surface area (Å²) in [5.41, 5.74) is -1.84. The maximum Gasteiger partial charge on any atom is 0.343 e. The molecule has 3 rings (SSSR count). The topological polar surface area (TPSA) is 159 Å². The summed E-state index contributed by atoms with van der Waals surface area (Å²) < 4.78 is 54.9. The molecule has 33 heavy (non-hydrogen) atoms. The molecule has 3 aromatic rings. The quantitative estimate of drug-likeness (QED) is 0.239. The van der Waals surface area contributed by atoms with Gasteiger partial charge >= 0.3 is 11.7 Å². The molecule has 0 heterocycles. The molecule has 0 aliphatic carbocycles. The summed E-state index contributed by atoms with van der Waals surface area (Å²) in [5.74, 6) is -4.15. The molecule has 0 bridgehead atoms. The SMILES string of the molecule is NS(=O)(=O)c1cc(NC(=O)c2ccc(F)cc2)c(OC(=O)c2ccc(F)cc2)c([N+](=O)[O-])c1. The molecule has 1 amide bonds. The molecule has 0 saturated heterocycles. The predicted octanol–water partition coefficient (Wildman–Crippen LogP) is 2.99. The van der Waals surface area contributed by atoms with Gasteiger partial charge in [-0.05, 0) is 54.6 Å². The molecule has 0 atom stereocenters. The standard InChI is InChI=1S/C20H13F2N3O7S/c21-13-5-1-11(2-6-13)19(26)24-16-9-15(33(23,30)31)10-17(25(28)29)18(16)32-20(27)12-3-7-14(22)8-4-12/h1-10H,(H,24,26)(H2,23,30,31). The Bertz CT molecular complexity index is 1360. The van der Waals surface area contributed by atoms with Gasteiger partial charge in [0.2, 0.25) is 15.8 Å². The number of nitro benzene ring substituents is 1. The zero-order valence-corrected chi connectivity index (χ0v) is 17.1. The molecular formula is C20H13F2N3O7S. The fourth-order valence-corrected chi connectivity index (χ4v) is 3.18. The Hall–Kier alpha value is -4.23. The maximum absolute atomic E-state index is 13.1. The average molecular weight is 477 g/mol. The van der Waals surface area contributed by atoms with E-state index in [0.717, 1.165) is 54.6 Å². The van der Waals surface area contributed by atoms with Crippen LogP contribution in [0, 0.1) is 21.7 Å². The van der Waals surface area contributed by atoms with Crippen molar-refractivity contribution in [2.24, 2.45) is 5.14 Å². The number of nitrogens with one attached hydrogen (secondary N) is 1. The second-order valence-corrected chi connectivity index (χ2v) is 8.04.